The number of benzene rings is 2. The number of aliphatic hydroxyl groups is 1. The molecule has 2 unspecified atom stereocenters. The number of carbonyl (C=O) groups excluding carboxylic acids is 1. The van der Waals surface area contributed by atoms with E-state index in [2.05, 4.69) is 10.6 Å². The van der Waals surface area contributed by atoms with Crippen LogP contribution in [0.3, 0.4) is 0 Å². The molecule has 2 aromatic carbocycles. The number of rotatable bonds is 4. The Morgan fingerprint density at radius 1 is 1.34 bits per heavy atom. The predicted octanol–water partition coefficient (Wildman–Crippen LogP) is 2.45. The minimum absolute atomic E-state index is 0.112. The van der Waals surface area contributed by atoms with E-state index in [1.54, 1.807) is 12.1 Å². The molecule has 0 aliphatic carbocycles. The fourth-order valence-corrected chi connectivity index (χ4v) is 3.85. The van der Waals surface area contributed by atoms with E-state index in [1.165, 1.54) is 18.2 Å². The summed E-state index contributed by atoms with van der Waals surface area (Å²) in [7, 11) is 0. The monoisotopic (exact) mass is 403 g/mol. The van der Waals surface area contributed by atoms with Crippen LogP contribution >= 0.6 is 0 Å². The van der Waals surface area contributed by atoms with Crippen molar-refractivity contribution in [1.82, 2.24) is 0 Å². The molecule has 2 heterocycles. The average molecular weight is 403 g/mol. The zero-order valence-electron chi connectivity index (χ0n) is 16.0. The Labute approximate surface area is 167 Å². The van der Waals surface area contributed by atoms with Crippen molar-refractivity contribution in [2.24, 2.45) is 0 Å². The number of aliphatic hydroxyl groups excluding tert-OH is 1. The fourth-order valence-electron chi connectivity index (χ4n) is 3.85. The molecule has 4 rings (SSSR count). The van der Waals surface area contributed by atoms with E-state index in [9.17, 15) is 18.7 Å². The molecular formula is C21H23F2N3O3. The molecule has 0 aromatic heterocycles. The van der Waals surface area contributed by atoms with Crippen molar-refractivity contribution in [2.45, 2.75) is 25.5 Å². The molecule has 1 fully saturated rings. The summed E-state index contributed by atoms with van der Waals surface area (Å²) in [6.07, 6.45) is -0.0947. The molecule has 2 aliphatic heterocycles. The van der Waals surface area contributed by atoms with Gasteiger partial charge in [-0.1, -0.05) is 6.07 Å². The zero-order chi connectivity index (χ0) is 20.5. The van der Waals surface area contributed by atoms with Crippen LogP contribution in [0.15, 0.2) is 30.3 Å². The van der Waals surface area contributed by atoms with Gasteiger partial charge in [0.05, 0.1) is 19.3 Å². The second kappa shape index (κ2) is 7.96. The van der Waals surface area contributed by atoms with Crippen LogP contribution in [-0.2, 0) is 16.0 Å². The maximum atomic E-state index is 14.2. The van der Waals surface area contributed by atoms with Crippen molar-refractivity contribution in [3.63, 3.8) is 0 Å². The lowest BCUT2D eigenvalue weighted by molar-refractivity contribution is -0.116. The van der Waals surface area contributed by atoms with Gasteiger partial charge in [0, 0.05) is 42.1 Å². The van der Waals surface area contributed by atoms with Crippen LogP contribution in [0.4, 0.5) is 25.8 Å². The molecule has 29 heavy (non-hydrogen) atoms. The predicted molar refractivity (Wildman–Crippen MR) is 106 cm³/mol. The van der Waals surface area contributed by atoms with Gasteiger partial charge in [0.15, 0.2) is 0 Å². The van der Waals surface area contributed by atoms with E-state index in [1.807, 2.05) is 11.8 Å². The normalized spacial score (nSPS) is 20.9. The van der Waals surface area contributed by atoms with Crippen molar-refractivity contribution < 1.29 is 23.4 Å². The summed E-state index contributed by atoms with van der Waals surface area (Å²) in [6.45, 7) is 3.17. The van der Waals surface area contributed by atoms with Crippen LogP contribution in [0, 0.1) is 18.6 Å². The third kappa shape index (κ3) is 4.04. The third-order valence-corrected chi connectivity index (χ3v) is 5.37. The zero-order valence-corrected chi connectivity index (χ0v) is 16.0. The van der Waals surface area contributed by atoms with E-state index < -0.39 is 11.9 Å². The summed E-state index contributed by atoms with van der Waals surface area (Å²) in [5, 5.41) is 15.1. The molecule has 6 nitrogen and oxygen atoms in total. The molecule has 0 spiro atoms. The van der Waals surface area contributed by atoms with Gasteiger partial charge in [0.1, 0.15) is 17.7 Å². The quantitative estimate of drug-likeness (QED) is 0.731. The topological polar surface area (TPSA) is 73.8 Å². The maximum Gasteiger partial charge on any atom is 0.247 e. The third-order valence-electron chi connectivity index (χ3n) is 5.37. The summed E-state index contributed by atoms with van der Waals surface area (Å²) >= 11 is 0. The van der Waals surface area contributed by atoms with Gasteiger partial charge in [-0.25, -0.2) is 8.78 Å². The van der Waals surface area contributed by atoms with E-state index in [4.69, 9.17) is 4.74 Å². The molecule has 1 saturated heterocycles. The number of hydrogen-bond donors (Lipinski definition) is 3. The van der Waals surface area contributed by atoms with Crippen LogP contribution in [0.2, 0.25) is 0 Å². The van der Waals surface area contributed by atoms with Gasteiger partial charge in [-0.3, -0.25) is 4.79 Å². The van der Waals surface area contributed by atoms with Crippen molar-refractivity contribution >= 4 is 23.0 Å². The van der Waals surface area contributed by atoms with Gasteiger partial charge in [-0.05, 0) is 36.8 Å². The molecular weight excluding hydrogens is 380 g/mol. The first-order valence-electron chi connectivity index (χ1n) is 9.58. The van der Waals surface area contributed by atoms with E-state index >= 15 is 0 Å². The number of amides is 1. The Hall–Kier alpha value is -2.71. The van der Waals surface area contributed by atoms with Gasteiger partial charge < -0.3 is 25.4 Å². The highest BCUT2D eigenvalue weighted by Crippen LogP contribution is 2.32. The van der Waals surface area contributed by atoms with Crippen LogP contribution in [-0.4, -0.2) is 49.5 Å². The minimum Gasteiger partial charge on any atom is -0.394 e. The summed E-state index contributed by atoms with van der Waals surface area (Å²) in [5.41, 5.74) is 2.94. The second-order valence-electron chi connectivity index (χ2n) is 7.43. The molecule has 0 saturated carbocycles. The number of hydrogen-bond acceptors (Lipinski definition) is 5. The molecule has 2 aromatic rings. The Morgan fingerprint density at radius 3 is 2.93 bits per heavy atom. The van der Waals surface area contributed by atoms with Crippen molar-refractivity contribution in [3.05, 3.63) is 53.1 Å². The molecule has 1 amide bonds. The largest absolute Gasteiger partial charge is 0.394 e. The first kappa shape index (κ1) is 19.6. The van der Waals surface area contributed by atoms with E-state index in [0.29, 0.717) is 42.3 Å². The Morgan fingerprint density at radius 2 is 2.17 bits per heavy atom. The highest BCUT2D eigenvalue weighted by molar-refractivity contribution is 5.98. The number of anilines is 3. The van der Waals surface area contributed by atoms with Crippen LogP contribution in [0.5, 0.6) is 0 Å². The van der Waals surface area contributed by atoms with Crippen LogP contribution in [0.1, 0.15) is 11.1 Å². The standard InChI is InChI=1S/C21H23F2N3O3/c1-12-2-3-18(23)17-9-19(25-20(12)17)21(28)24-14-6-13(22)7-15(8-14)26-4-5-29-16(10-26)11-27/h2-3,6-8,16,19,25,27H,4-5,9-11H2,1H3,(H,24,28). The SMILES string of the molecule is Cc1ccc(F)c2c1NC(C(=O)Nc1cc(F)cc(N3CCOC(CO)C3)c1)C2. The van der Waals surface area contributed by atoms with E-state index in [0.717, 1.165) is 5.56 Å². The maximum absolute atomic E-state index is 14.2. The number of nitrogens with one attached hydrogen (secondary N) is 2. The second-order valence-corrected chi connectivity index (χ2v) is 7.43. The Bertz CT molecular complexity index is 907. The minimum atomic E-state index is -0.630. The molecule has 3 N–H and O–H groups in total. The van der Waals surface area contributed by atoms with Crippen LogP contribution in [0.25, 0.3) is 0 Å². The molecule has 0 radical (unpaired) electrons. The number of aryl methyl sites for hydroxylation is 1. The number of carbonyl (C=O) groups is 1. The number of ether oxygens (including phenoxy) is 1. The first-order valence-corrected chi connectivity index (χ1v) is 9.58. The molecule has 8 heteroatoms. The number of fused-ring (bicyclic) bond motifs is 1. The van der Waals surface area contributed by atoms with Crippen molar-refractivity contribution in [2.75, 3.05) is 41.8 Å². The fraction of sp³-hybridized carbons (Fsp3) is 0.381. The van der Waals surface area contributed by atoms with Crippen molar-refractivity contribution in [1.29, 1.82) is 0 Å². The Balaban J connectivity index is 1.49. The molecule has 154 valence electrons. The van der Waals surface area contributed by atoms with Gasteiger partial charge in [-0.2, -0.15) is 0 Å². The summed E-state index contributed by atoms with van der Waals surface area (Å²) in [5.74, 6) is -1.17. The lowest BCUT2D eigenvalue weighted by Crippen LogP contribution is -2.44. The number of halogens is 2. The first-order chi connectivity index (χ1) is 13.9. The number of morpholine rings is 1. The summed E-state index contributed by atoms with van der Waals surface area (Å²) < 4.78 is 33.7. The summed E-state index contributed by atoms with van der Waals surface area (Å²) in [4.78, 5) is 14.6. The average Bonchev–Trinajstić information content (AvgIpc) is 3.17. The van der Waals surface area contributed by atoms with E-state index in [-0.39, 0.29) is 30.9 Å². The highest BCUT2D eigenvalue weighted by atomic mass is 19.1. The Kier molecular flexibility index (Phi) is 5.38. The lowest BCUT2D eigenvalue weighted by Gasteiger charge is -2.34. The molecule has 2 aliphatic rings. The highest BCUT2D eigenvalue weighted by Gasteiger charge is 2.30. The smallest absolute Gasteiger partial charge is 0.247 e. The van der Waals surface area contributed by atoms with Crippen molar-refractivity contribution in [3.8, 4) is 0 Å². The summed E-state index contributed by atoms with van der Waals surface area (Å²) in [6, 6.07) is 6.76. The van der Waals surface area contributed by atoms with Crippen LogP contribution < -0.4 is 15.5 Å². The van der Waals surface area contributed by atoms with Gasteiger partial charge in [0.2, 0.25) is 5.91 Å². The van der Waals surface area contributed by atoms with Gasteiger partial charge >= 0.3 is 0 Å². The van der Waals surface area contributed by atoms with Gasteiger partial charge in [0.25, 0.3) is 0 Å². The van der Waals surface area contributed by atoms with Gasteiger partial charge in [-0.15, -0.1) is 0 Å². The number of nitrogens with zero attached hydrogens (tertiary/aromatic N) is 1. The lowest BCUT2D eigenvalue weighted by atomic mass is 10.1. The molecule has 2 atom stereocenters. The molecule has 0 bridgehead atoms.